The molecule has 0 aliphatic carbocycles. The van der Waals surface area contributed by atoms with Crippen LogP contribution in [-0.4, -0.2) is 46.3 Å². The van der Waals surface area contributed by atoms with Crippen molar-refractivity contribution in [1.82, 2.24) is 10.6 Å². The van der Waals surface area contributed by atoms with Crippen molar-refractivity contribution in [2.75, 3.05) is 0 Å². The highest BCUT2D eigenvalue weighted by Crippen LogP contribution is 2.39. The standard InChI is InChI=1S/C38H56N2O4/c1-35(2)25-31(29(37(5,6)39-35)23-27-17-11-9-12-18-27)43-33(41)21-15-16-22-34(42)44-32-26-36(3,4)40-38(7,8)30(32)24-28-19-13-10-14-20-28/h9-14,17-20,29-32,39-40H,15-16,21-26H2,1-8H3. The highest BCUT2D eigenvalue weighted by molar-refractivity contribution is 5.71. The predicted molar refractivity (Wildman–Crippen MR) is 177 cm³/mol. The van der Waals surface area contributed by atoms with Gasteiger partial charge in [-0.05, 0) is 92.2 Å². The lowest BCUT2D eigenvalue weighted by molar-refractivity contribution is -0.161. The topological polar surface area (TPSA) is 76.7 Å². The minimum absolute atomic E-state index is 0.137. The molecule has 2 aromatic carbocycles. The third-order valence-corrected chi connectivity index (χ3v) is 9.67. The Labute approximate surface area is 266 Å². The maximum absolute atomic E-state index is 13.1. The number of esters is 2. The summed E-state index contributed by atoms with van der Waals surface area (Å²) < 4.78 is 12.4. The molecule has 2 aliphatic rings. The van der Waals surface area contributed by atoms with Crippen LogP contribution in [0.1, 0.15) is 105 Å². The van der Waals surface area contributed by atoms with Gasteiger partial charge in [0.2, 0.25) is 0 Å². The Morgan fingerprint density at radius 1 is 0.614 bits per heavy atom. The summed E-state index contributed by atoms with van der Waals surface area (Å²) in [6, 6.07) is 20.9. The molecule has 4 unspecified atom stereocenters. The van der Waals surface area contributed by atoms with Gasteiger partial charge in [0.1, 0.15) is 12.2 Å². The van der Waals surface area contributed by atoms with Crippen molar-refractivity contribution < 1.29 is 19.1 Å². The number of unbranched alkanes of at least 4 members (excludes halogenated alkanes) is 1. The van der Waals surface area contributed by atoms with Crippen LogP contribution >= 0.6 is 0 Å². The Hall–Kier alpha value is -2.70. The lowest BCUT2D eigenvalue weighted by Crippen LogP contribution is -2.65. The highest BCUT2D eigenvalue weighted by Gasteiger charge is 2.48. The third kappa shape index (κ3) is 9.40. The Balaban J connectivity index is 1.30. The van der Waals surface area contributed by atoms with Crippen molar-refractivity contribution in [3.05, 3.63) is 71.8 Å². The molecule has 2 aliphatic heterocycles. The zero-order chi connectivity index (χ0) is 32.2. The molecule has 2 aromatic rings. The van der Waals surface area contributed by atoms with Crippen LogP contribution in [0.25, 0.3) is 0 Å². The van der Waals surface area contributed by atoms with Gasteiger partial charge in [-0.3, -0.25) is 9.59 Å². The van der Waals surface area contributed by atoms with Crippen LogP contribution in [0.15, 0.2) is 60.7 Å². The van der Waals surface area contributed by atoms with Gasteiger partial charge in [0.25, 0.3) is 0 Å². The number of hydrogen-bond acceptors (Lipinski definition) is 6. The summed E-state index contributed by atoms with van der Waals surface area (Å²) in [5, 5.41) is 7.57. The maximum atomic E-state index is 13.1. The van der Waals surface area contributed by atoms with Gasteiger partial charge in [-0.1, -0.05) is 60.7 Å². The maximum Gasteiger partial charge on any atom is 0.306 e. The van der Waals surface area contributed by atoms with Gasteiger partial charge in [0.15, 0.2) is 0 Å². The first-order valence-corrected chi connectivity index (χ1v) is 16.6. The molecule has 0 radical (unpaired) electrons. The summed E-state index contributed by atoms with van der Waals surface area (Å²) in [5.74, 6) is -0.0576. The van der Waals surface area contributed by atoms with E-state index in [1.165, 1.54) is 11.1 Å². The number of hydrogen-bond donors (Lipinski definition) is 2. The van der Waals surface area contributed by atoms with Crippen molar-refractivity contribution in [2.45, 2.75) is 141 Å². The van der Waals surface area contributed by atoms with Crippen LogP contribution < -0.4 is 10.6 Å². The van der Waals surface area contributed by atoms with Crippen LogP contribution in [0.2, 0.25) is 0 Å². The fraction of sp³-hybridized carbons (Fsp3) is 0.632. The van der Waals surface area contributed by atoms with Crippen molar-refractivity contribution in [3.63, 3.8) is 0 Å². The number of rotatable bonds is 11. The average molecular weight is 605 g/mol. The molecule has 4 rings (SSSR count). The van der Waals surface area contributed by atoms with Crippen LogP contribution in [0.3, 0.4) is 0 Å². The minimum atomic E-state index is -0.192. The van der Waals surface area contributed by atoms with E-state index in [1.54, 1.807) is 0 Å². The largest absolute Gasteiger partial charge is 0.462 e. The molecule has 4 atom stereocenters. The van der Waals surface area contributed by atoms with E-state index in [2.05, 4.69) is 115 Å². The smallest absolute Gasteiger partial charge is 0.306 e. The van der Waals surface area contributed by atoms with Crippen molar-refractivity contribution in [3.8, 4) is 0 Å². The van der Waals surface area contributed by atoms with E-state index in [-0.39, 0.29) is 58.1 Å². The molecule has 0 spiro atoms. The van der Waals surface area contributed by atoms with Gasteiger partial charge >= 0.3 is 11.9 Å². The lowest BCUT2D eigenvalue weighted by Gasteiger charge is -2.51. The predicted octanol–water partition coefficient (Wildman–Crippen LogP) is 7.19. The number of nitrogens with one attached hydrogen (secondary N) is 2. The van der Waals surface area contributed by atoms with E-state index in [0.717, 1.165) is 25.7 Å². The molecule has 2 fully saturated rings. The fourth-order valence-corrected chi connectivity index (χ4v) is 8.00. The second-order valence-corrected chi connectivity index (χ2v) is 15.7. The van der Waals surface area contributed by atoms with E-state index in [0.29, 0.717) is 25.7 Å². The third-order valence-electron chi connectivity index (χ3n) is 9.67. The highest BCUT2D eigenvalue weighted by atomic mass is 16.5. The molecule has 0 amide bonds. The van der Waals surface area contributed by atoms with Crippen molar-refractivity contribution in [1.29, 1.82) is 0 Å². The van der Waals surface area contributed by atoms with E-state index in [1.807, 2.05) is 12.1 Å². The number of benzene rings is 2. The summed E-state index contributed by atoms with van der Waals surface area (Å²) in [6.07, 6.45) is 4.68. The van der Waals surface area contributed by atoms with Gasteiger partial charge in [0.05, 0.1) is 0 Å². The summed E-state index contributed by atoms with van der Waals surface area (Å²) in [4.78, 5) is 26.2. The number of carbonyl (C=O) groups excluding carboxylic acids is 2. The zero-order valence-corrected chi connectivity index (χ0v) is 28.4. The van der Waals surface area contributed by atoms with Crippen LogP contribution in [0, 0.1) is 11.8 Å². The van der Waals surface area contributed by atoms with E-state index < -0.39 is 0 Å². The van der Waals surface area contributed by atoms with Gasteiger partial charge in [-0.2, -0.15) is 0 Å². The Bertz CT molecular complexity index is 1140. The molecule has 0 bridgehead atoms. The van der Waals surface area contributed by atoms with Crippen molar-refractivity contribution >= 4 is 11.9 Å². The van der Waals surface area contributed by atoms with E-state index in [4.69, 9.17) is 9.47 Å². The summed E-state index contributed by atoms with van der Waals surface area (Å²) in [5.41, 5.74) is 1.84. The number of carbonyl (C=O) groups is 2. The summed E-state index contributed by atoms with van der Waals surface area (Å²) in [7, 11) is 0. The lowest BCUT2D eigenvalue weighted by atomic mass is 9.70. The molecule has 6 heteroatoms. The zero-order valence-electron chi connectivity index (χ0n) is 28.4. The molecule has 2 saturated heterocycles. The quantitative estimate of drug-likeness (QED) is 0.209. The average Bonchev–Trinajstić information content (AvgIpc) is 2.90. The van der Waals surface area contributed by atoms with Crippen LogP contribution in [0.5, 0.6) is 0 Å². The Morgan fingerprint density at radius 2 is 0.955 bits per heavy atom. The van der Waals surface area contributed by atoms with Crippen molar-refractivity contribution in [2.24, 2.45) is 11.8 Å². The van der Waals surface area contributed by atoms with Crippen LogP contribution in [0.4, 0.5) is 0 Å². The first-order valence-electron chi connectivity index (χ1n) is 16.6. The summed E-state index contributed by atoms with van der Waals surface area (Å²) >= 11 is 0. The molecular weight excluding hydrogens is 548 g/mol. The monoisotopic (exact) mass is 604 g/mol. The SMILES string of the molecule is CC1(C)CC(OC(=O)CCCCC(=O)OC2CC(C)(C)NC(C)(C)C2Cc2ccccc2)C(Cc2ccccc2)C(C)(C)N1. The second-order valence-electron chi connectivity index (χ2n) is 15.7. The first kappa shape index (κ1) is 34.2. The van der Waals surface area contributed by atoms with E-state index >= 15 is 0 Å². The molecule has 2 N–H and O–H groups in total. The molecule has 44 heavy (non-hydrogen) atoms. The number of piperidine rings is 2. The number of ether oxygens (including phenoxy) is 2. The molecule has 0 aromatic heterocycles. The van der Waals surface area contributed by atoms with E-state index in [9.17, 15) is 9.59 Å². The fourth-order valence-electron chi connectivity index (χ4n) is 8.00. The van der Waals surface area contributed by atoms with Crippen LogP contribution in [-0.2, 0) is 31.9 Å². The normalized spacial score (nSPS) is 26.8. The summed E-state index contributed by atoms with van der Waals surface area (Å²) in [6.45, 7) is 17.5. The van der Waals surface area contributed by atoms with Gasteiger partial charge in [-0.15, -0.1) is 0 Å². The van der Waals surface area contributed by atoms with Gasteiger partial charge in [-0.25, -0.2) is 0 Å². The van der Waals surface area contributed by atoms with Gasteiger partial charge < -0.3 is 20.1 Å². The molecule has 0 saturated carbocycles. The second kappa shape index (κ2) is 13.7. The first-order chi connectivity index (χ1) is 20.6. The minimum Gasteiger partial charge on any atom is -0.462 e. The Morgan fingerprint density at radius 3 is 1.30 bits per heavy atom. The molecule has 6 nitrogen and oxygen atoms in total. The molecular formula is C38H56N2O4. The molecule has 2 heterocycles. The Kier molecular flexibility index (Phi) is 10.7. The molecule has 242 valence electrons. The van der Waals surface area contributed by atoms with Gasteiger partial charge in [0, 0.05) is 59.7 Å².